The van der Waals surface area contributed by atoms with E-state index in [0.29, 0.717) is 6.61 Å². The van der Waals surface area contributed by atoms with E-state index in [0.717, 1.165) is 47.7 Å². The first kappa shape index (κ1) is 18.2. The van der Waals surface area contributed by atoms with Crippen LogP contribution in [0.2, 0.25) is 0 Å². The van der Waals surface area contributed by atoms with Crippen molar-refractivity contribution in [1.82, 2.24) is 0 Å². The van der Waals surface area contributed by atoms with E-state index in [4.69, 9.17) is 9.47 Å². The van der Waals surface area contributed by atoms with Crippen molar-refractivity contribution in [3.63, 3.8) is 0 Å². The molecule has 1 N–H and O–H groups in total. The number of nitrogens with zero attached hydrogens (tertiary/aromatic N) is 1. The molecule has 4 heteroatoms. The van der Waals surface area contributed by atoms with Gasteiger partial charge in [-0.25, -0.2) is 0 Å². The Hall–Kier alpha value is -2.82. The summed E-state index contributed by atoms with van der Waals surface area (Å²) in [4.78, 5) is 2.25. The zero-order chi connectivity index (χ0) is 19.6. The van der Waals surface area contributed by atoms with E-state index in [1.54, 1.807) is 0 Å². The van der Waals surface area contributed by atoms with Gasteiger partial charge in [-0.3, -0.25) is 0 Å². The Labute approximate surface area is 171 Å². The first-order chi connectivity index (χ1) is 14.3. The standard InChI is InChI=1S/C25H25NO3/c27-25-21(13-8-16-24(25)28-17-18-9-2-1-3-10-18)26-19-11-4-6-14-22(19)29-23-15-7-5-12-20(23)26/h1-7,9-12,14-15,21,24-25,27H,8,13,16-17H2/t21-,24-,25-/m1/s1. The normalized spacial score (nSPS) is 23.1. The van der Waals surface area contributed by atoms with Crippen molar-refractivity contribution in [3.8, 4) is 11.5 Å². The van der Waals surface area contributed by atoms with Crippen LogP contribution in [-0.2, 0) is 11.3 Å². The van der Waals surface area contributed by atoms with Crippen LogP contribution in [0.15, 0.2) is 78.9 Å². The van der Waals surface area contributed by atoms with Gasteiger partial charge in [0.05, 0.1) is 30.1 Å². The van der Waals surface area contributed by atoms with Gasteiger partial charge >= 0.3 is 0 Å². The molecule has 29 heavy (non-hydrogen) atoms. The molecule has 1 saturated carbocycles. The molecule has 3 aromatic carbocycles. The molecule has 0 amide bonds. The van der Waals surface area contributed by atoms with Gasteiger partial charge in [0.25, 0.3) is 0 Å². The Morgan fingerprint density at radius 1 is 0.828 bits per heavy atom. The Morgan fingerprint density at radius 2 is 1.45 bits per heavy atom. The van der Waals surface area contributed by atoms with Crippen molar-refractivity contribution in [2.45, 2.75) is 44.1 Å². The number of rotatable bonds is 4. The van der Waals surface area contributed by atoms with E-state index in [2.05, 4.69) is 29.2 Å². The summed E-state index contributed by atoms with van der Waals surface area (Å²) in [6.07, 6.45) is 2.04. The van der Waals surface area contributed by atoms with E-state index in [-0.39, 0.29) is 12.1 Å². The fraction of sp³-hybridized carbons (Fsp3) is 0.280. The second kappa shape index (κ2) is 7.90. The van der Waals surface area contributed by atoms with Gasteiger partial charge in [-0.2, -0.15) is 0 Å². The highest BCUT2D eigenvalue weighted by Crippen LogP contribution is 2.49. The van der Waals surface area contributed by atoms with Crippen LogP contribution in [0.3, 0.4) is 0 Å². The quantitative estimate of drug-likeness (QED) is 0.648. The zero-order valence-corrected chi connectivity index (χ0v) is 16.3. The third kappa shape index (κ3) is 3.50. The number of para-hydroxylation sites is 4. The number of hydrogen-bond acceptors (Lipinski definition) is 4. The third-order valence-corrected chi connectivity index (χ3v) is 5.87. The van der Waals surface area contributed by atoms with Crippen LogP contribution in [-0.4, -0.2) is 23.4 Å². The molecule has 1 heterocycles. The lowest BCUT2D eigenvalue weighted by Crippen LogP contribution is -2.51. The first-order valence-corrected chi connectivity index (χ1v) is 10.3. The van der Waals surface area contributed by atoms with Gasteiger partial charge in [0, 0.05) is 0 Å². The molecule has 3 atom stereocenters. The summed E-state index contributed by atoms with van der Waals surface area (Å²) in [5.74, 6) is 1.65. The molecule has 1 fully saturated rings. The molecule has 0 aromatic heterocycles. The Bertz CT molecular complexity index is 929. The maximum Gasteiger partial charge on any atom is 0.151 e. The van der Waals surface area contributed by atoms with Crippen LogP contribution in [0, 0.1) is 0 Å². The molecule has 0 bridgehead atoms. The van der Waals surface area contributed by atoms with Crippen molar-refractivity contribution in [2.24, 2.45) is 0 Å². The lowest BCUT2D eigenvalue weighted by atomic mass is 9.87. The van der Waals surface area contributed by atoms with Crippen LogP contribution >= 0.6 is 0 Å². The molecule has 2 aliphatic rings. The van der Waals surface area contributed by atoms with Gasteiger partial charge < -0.3 is 19.5 Å². The van der Waals surface area contributed by atoms with E-state index in [1.807, 2.05) is 54.6 Å². The topological polar surface area (TPSA) is 41.9 Å². The zero-order valence-electron chi connectivity index (χ0n) is 16.3. The van der Waals surface area contributed by atoms with E-state index in [1.165, 1.54) is 0 Å². The van der Waals surface area contributed by atoms with Crippen LogP contribution < -0.4 is 9.64 Å². The van der Waals surface area contributed by atoms with E-state index in [9.17, 15) is 5.11 Å². The molecule has 1 aliphatic heterocycles. The van der Waals surface area contributed by atoms with Gasteiger partial charge in [0.1, 0.15) is 6.10 Å². The van der Waals surface area contributed by atoms with Gasteiger partial charge in [-0.1, -0.05) is 54.6 Å². The number of benzene rings is 3. The number of aliphatic hydroxyl groups excluding tert-OH is 1. The summed E-state index contributed by atoms with van der Waals surface area (Å²) in [7, 11) is 0. The second-order valence-electron chi connectivity index (χ2n) is 7.73. The highest BCUT2D eigenvalue weighted by Gasteiger charge is 2.40. The average Bonchev–Trinajstić information content (AvgIpc) is 2.78. The molecule has 3 aromatic rings. The molecular weight excluding hydrogens is 362 g/mol. The van der Waals surface area contributed by atoms with E-state index < -0.39 is 6.10 Å². The number of hydrogen-bond donors (Lipinski definition) is 1. The minimum Gasteiger partial charge on any atom is -0.453 e. The molecule has 0 radical (unpaired) electrons. The molecule has 0 spiro atoms. The smallest absolute Gasteiger partial charge is 0.151 e. The molecule has 5 rings (SSSR count). The Kier molecular flexibility index (Phi) is 4.96. The minimum atomic E-state index is -0.577. The number of aliphatic hydroxyl groups is 1. The second-order valence-corrected chi connectivity index (χ2v) is 7.73. The third-order valence-electron chi connectivity index (χ3n) is 5.87. The van der Waals surface area contributed by atoms with Crippen LogP contribution in [0.25, 0.3) is 0 Å². The van der Waals surface area contributed by atoms with Crippen LogP contribution in [0.4, 0.5) is 11.4 Å². The lowest BCUT2D eigenvalue weighted by molar-refractivity contribution is -0.0740. The Morgan fingerprint density at radius 3 is 2.14 bits per heavy atom. The van der Waals surface area contributed by atoms with Crippen molar-refractivity contribution in [1.29, 1.82) is 0 Å². The average molecular weight is 387 g/mol. The van der Waals surface area contributed by atoms with Crippen molar-refractivity contribution < 1.29 is 14.6 Å². The van der Waals surface area contributed by atoms with E-state index >= 15 is 0 Å². The summed E-state index contributed by atoms with van der Waals surface area (Å²) in [6.45, 7) is 0.519. The summed E-state index contributed by atoms with van der Waals surface area (Å²) in [5, 5.41) is 11.3. The van der Waals surface area contributed by atoms with Crippen molar-refractivity contribution >= 4 is 11.4 Å². The monoisotopic (exact) mass is 387 g/mol. The molecule has 4 nitrogen and oxygen atoms in total. The van der Waals surface area contributed by atoms with Crippen LogP contribution in [0.5, 0.6) is 11.5 Å². The van der Waals surface area contributed by atoms with Crippen LogP contribution in [0.1, 0.15) is 24.8 Å². The SMILES string of the molecule is O[C@@H]1[C@H](N2c3ccccc3Oc3ccccc32)CCC[C@H]1OCc1ccccc1. The first-order valence-electron chi connectivity index (χ1n) is 10.3. The minimum absolute atomic E-state index is 0.0595. The highest BCUT2D eigenvalue weighted by atomic mass is 16.5. The summed E-state index contributed by atoms with van der Waals surface area (Å²) in [5.41, 5.74) is 3.13. The molecule has 0 unspecified atom stereocenters. The molecular formula is C25H25NO3. The fourth-order valence-corrected chi connectivity index (χ4v) is 4.45. The number of fused-ring (bicyclic) bond motifs is 2. The van der Waals surface area contributed by atoms with Crippen molar-refractivity contribution in [2.75, 3.05) is 4.90 Å². The predicted octanol–water partition coefficient (Wildman–Crippen LogP) is 5.43. The summed E-state index contributed by atoms with van der Waals surface area (Å²) >= 11 is 0. The van der Waals surface area contributed by atoms with Crippen molar-refractivity contribution in [3.05, 3.63) is 84.4 Å². The predicted molar refractivity (Wildman–Crippen MR) is 114 cm³/mol. The lowest BCUT2D eigenvalue weighted by Gasteiger charge is -2.44. The van der Waals surface area contributed by atoms with Gasteiger partial charge in [0.2, 0.25) is 0 Å². The number of ether oxygens (including phenoxy) is 2. The van der Waals surface area contributed by atoms with Gasteiger partial charge in [-0.05, 0) is 49.1 Å². The maximum atomic E-state index is 11.3. The van der Waals surface area contributed by atoms with Gasteiger partial charge in [0.15, 0.2) is 11.5 Å². The Balaban J connectivity index is 1.43. The summed E-state index contributed by atoms with van der Waals surface area (Å²) in [6, 6.07) is 26.2. The molecule has 1 aliphatic carbocycles. The highest BCUT2D eigenvalue weighted by molar-refractivity contribution is 5.78. The fourth-order valence-electron chi connectivity index (χ4n) is 4.45. The largest absolute Gasteiger partial charge is 0.453 e. The molecule has 148 valence electrons. The summed E-state index contributed by atoms with van der Waals surface area (Å²) < 4.78 is 12.3. The molecule has 0 saturated heterocycles. The van der Waals surface area contributed by atoms with Gasteiger partial charge in [-0.15, -0.1) is 0 Å². The maximum absolute atomic E-state index is 11.3. The number of anilines is 2.